The Kier molecular flexibility index (Phi) is 4.16. The van der Waals surface area contributed by atoms with Gasteiger partial charge in [-0.25, -0.2) is 9.97 Å². The maximum absolute atomic E-state index is 13.4. The van der Waals surface area contributed by atoms with Crippen LogP contribution < -0.4 is 4.90 Å². The highest BCUT2D eigenvalue weighted by molar-refractivity contribution is 6.30. The van der Waals surface area contributed by atoms with E-state index in [0.29, 0.717) is 10.6 Å². The number of nitrogens with zero attached hydrogens (tertiary/aromatic N) is 3. The number of aromatic nitrogens is 2. The van der Waals surface area contributed by atoms with Gasteiger partial charge in [0.15, 0.2) is 11.5 Å². The van der Waals surface area contributed by atoms with Crippen molar-refractivity contribution in [2.24, 2.45) is 5.92 Å². The van der Waals surface area contributed by atoms with Crippen molar-refractivity contribution in [1.82, 2.24) is 9.97 Å². The zero-order valence-electron chi connectivity index (χ0n) is 15.0. The summed E-state index contributed by atoms with van der Waals surface area (Å²) in [7, 11) is 0. The predicted molar refractivity (Wildman–Crippen MR) is 103 cm³/mol. The minimum Gasteiger partial charge on any atom is -0.483 e. The second-order valence-corrected chi connectivity index (χ2v) is 7.77. The highest BCUT2D eigenvalue weighted by atomic mass is 35.5. The van der Waals surface area contributed by atoms with E-state index in [4.69, 9.17) is 16.3 Å². The van der Waals surface area contributed by atoms with Gasteiger partial charge in [0.2, 0.25) is 5.95 Å². The Bertz CT molecular complexity index is 991. The summed E-state index contributed by atoms with van der Waals surface area (Å²) in [5.41, 5.74) is 1.15. The second-order valence-electron chi connectivity index (χ2n) is 7.34. The van der Waals surface area contributed by atoms with Crippen molar-refractivity contribution < 1.29 is 14.3 Å². The minimum absolute atomic E-state index is 0.00251. The van der Waals surface area contributed by atoms with Crippen molar-refractivity contribution in [3.63, 3.8) is 0 Å². The predicted octanol–water partition coefficient (Wildman–Crippen LogP) is 3.63. The van der Waals surface area contributed by atoms with Crippen molar-refractivity contribution in [2.75, 3.05) is 4.90 Å². The van der Waals surface area contributed by atoms with Gasteiger partial charge in [-0.15, -0.1) is 0 Å². The third-order valence-electron chi connectivity index (χ3n) is 5.70. The highest BCUT2D eigenvalue weighted by Gasteiger charge is 2.53. The van der Waals surface area contributed by atoms with Gasteiger partial charge in [0.05, 0.1) is 17.5 Å². The first kappa shape index (κ1) is 17.4. The van der Waals surface area contributed by atoms with Gasteiger partial charge in [0.25, 0.3) is 5.91 Å². The van der Waals surface area contributed by atoms with Crippen LogP contribution in [-0.2, 0) is 14.3 Å². The lowest BCUT2D eigenvalue weighted by molar-refractivity contribution is -0.131. The molecule has 3 unspecified atom stereocenters. The van der Waals surface area contributed by atoms with Crippen LogP contribution in [0, 0.1) is 5.92 Å². The van der Waals surface area contributed by atoms with Crippen molar-refractivity contribution in [2.45, 2.75) is 37.8 Å². The first-order valence-corrected chi connectivity index (χ1v) is 9.84. The Morgan fingerprint density at radius 3 is 2.64 bits per heavy atom. The van der Waals surface area contributed by atoms with Crippen LogP contribution in [-0.4, -0.2) is 27.8 Å². The number of halogens is 1. The van der Waals surface area contributed by atoms with E-state index < -0.39 is 6.04 Å². The fourth-order valence-corrected chi connectivity index (χ4v) is 4.66. The van der Waals surface area contributed by atoms with Crippen molar-refractivity contribution in [3.8, 4) is 0 Å². The van der Waals surface area contributed by atoms with E-state index in [0.717, 1.165) is 31.2 Å². The molecular formula is C21H18ClN3O3. The molecule has 142 valence electrons. The highest BCUT2D eigenvalue weighted by Crippen LogP contribution is 2.47. The van der Waals surface area contributed by atoms with Crippen molar-refractivity contribution in [3.05, 3.63) is 64.6 Å². The molecule has 0 N–H and O–H groups in total. The van der Waals surface area contributed by atoms with Gasteiger partial charge >= 0.3 is 0 Å². The number of benzene rings is 1. The largest absolute Gasteiger partial charge is 0.483 e. The van der Waals surface area contributed by atoms with Gasteiger partial charge in [0.1, 0.15) is 6.10 Å². The molecule has 1 aromatic heterocycles. The molecule has 3 aliphatic rings. The summed E-state index contributed by atoms with van der Waals surface area (Å²) in [6.07, 6.45) is 6.52. The van der Waals surface area contributed by atoms with E-state index in [1.807, 2.05) is 12.1 Å². The fraction of sp³-hybridized carbons (Fsp3) is 0.333. The van der Waals surface area contributed by atoms with Crippen LogP contribution in [0.25, 0.3) is 0 Å². The quantitative estimate of drug-likeness (QED) is 0.776. The molecule has 6 nitrogen and oxygen atoms in total. The number of ether oxygens (including phenoxy) is 1. The molecule has 1 aliphatic carbocycles. The van der Waals surface area contributed by atoms with Crippen LogP contribution in [0.5, 0.6) is 0 Å². The third kappa shape index (κ3) is 2.63. The monoisotopic (exact) mass is 395 g/mol. The summed E-state index contributed by atoms with van der Waals surface area (Å²) in [6, 6.07) is 8.24. The summed E-state index contributed by atoms with van der Waals surface area (Å²) in [5, 5.41) is 0.535. The molecule has 2 aromatic rings. The molecule has 0 saturated heterocycles. The lowest BCUT2D eigenvalue weighted by Crippen LogP contribution is -2.39. The molecule has 0 bridgehead atoms. The normalized spacial score (nSPS) is 26.8. The molecule has 7 heteroatoms. The lowest BCUT2D eigenvalue weighted by Gasteiger charge is -2.35. The SMILES string of the molecule is O=C1C2=C(OC3CCCCC13)C(=O)N(c1ncccn1)C2c1cccc(Cl)c1. The number of carbonyl (C=O) groups excluding carboxylic acids is 2. The molecule has 1 saturated carbocycles. The van der Waals surface area contributed by atoms with E-state index >= 15 is 0 Å². The van der Waals surface area contributed by atoms with Crippen LogP contribution >= 0.6 is 11.6 Å². The Morgan fingerprint density at radius 2 is 1.86 bits per heavy atom. The first-order valence-electron chi connectivity index (χ1n) is 9.46. The summed E-state index contributed by atoms with van der Waals surface area (Å²) in [5.74, 6) is -0.179. The molecule has 1 fully saturated rings. The number of ketones is 1. The van der Waals surface area contributed by atoms with E-state index in [-0.39, 0.29) is 35.4 Å². The maximum atomic E-state index is 13.4. The van der Waals surface area contributed by atoms with Gasteiger partial charge in [-0.1, -0.05) is 30.2 Å². The molecule has 0 radical (unpaired) electrons. The Labute approximate surface area is 167 Å². The van der Waals surface area contributed by atoms with E-state index in [2.05, 4.69) is 9.97 Å². The number of anilines is 1. The third-order valence-corrected chi connectivity index (χ3v) is 5.93. The zero-order valence-corrected chi connectivity index (χ0v) is 15.8. The Morgan fingerprint density at radius 1 is 1.07 bits per heavy atom. The molecule has 3 heterocycles. The number of rotatable bonds is 2. The maximum Gasteiger partial charge on any atom is 0.297 e. The van der Waals surface area contributed by atoms with Crippen molar-refractivity contribution in [1.29, 1.82) is 0 Å². The van der Waals surface area contributed by atoms with Crippen LogP contribution in [0.3, 0.4) is 0 Å². The van der Waals surface area contributed by atoms with Gasteiger partial charge in [-0.05, 0) is 43.0 Å². The minimum atomic E-state index is -0.640. The fourth-order valence-electron chi connectivity index (χ4n) is 4.46. The average Bonchev–Trinajstić information content (AvgIpc) is 3.02. The first-order chi connectivity index (χ1) is 13.6. The number of fused-ring (bicyclic) bond motifs is 1. The van der Waals surface area contributed by atoms with Crippen LogP contribution in [0.2, 0.25) is 5.02 Å². The number of hydrogen-bond donors (Lipinski definition) is 0. The van der Waals surface area contributed by atoms with Gasteiger partial charge in [-0.2, -0.15) is 0 Å². The molecule has 0 spiro atoms. The average molecular weight is 396 g/mol. The number of amides is 1. The zero-order chi connectivity index (χ0) is 19.3. The van der Waals surface area contributed by atoms with Crippen LogP contribution in [0.15, 0.2) is 54.1 Å². The summed E-state index contributed by atoms with van der Waals surface area (Å²) in [4.78, 5) is 36.7. The standard InChI is InChI=1S/C21H18ClN3O3/c22-13-6-3-5-12(11-13)17-16-18(26)14-7-1-2-8-15(14)28-19(16)20(27)25(17)21-23-9-4-10-24-21/h3-6,9-11,14-15,17H,1-2,7-8H2. The Hall–Kier alpha value is -2.73. The number of carbonyl (C=O) groups is 2. The summed E-state index contributed by atoms with van der Waals surface area (Å²) >= 11 is 6.21. The molecular weight excluding hydrogens is 378 g/mol. The van der Waals surface area contributed by atoms with E-state index in [9.17, 15) is 9.59 Å². The Balaban J connectivity index is 1.67. The molecule has 3 atom stereocenters. The van der Waals surface area contributed by atoms with E-state index in [1.54, 1.807) is 30.6 Å². The van der Waals surface area contributed by atoms with Crippen molar-refractivity contribution >= 4 is 29.2 Å². The van der Waals surface area contributed by atoms with Gasteiger partial charge < -0.3 is 4.74 Å². The molecule has 1 aromatic carbocycles. The lowest BCUT2D eigenvalue weighted by atomic mass is 9.77. The topological polar surface area (TPSA) is 72.4 Å². The number of hydrogen-bond acceptors (Lipinski definition) is 5. The number of Topliss-reactive ketones (excluding diaryl/α,β-unsaturated/α-hetero) is 1. The smallest absolute Gasteiger partial charge is 0.297 e. The summed E-state index contributed by atoms with van der Waals surface area (Å²) in [6.45, 7) is 0. The summed E-state index contributed by atoms with van der Waals surface area (Å²) < 4.78 is 6.11. The molecule has 28 heavy (non-hydrogen) atoms. The van der Waals surface area contributed by atoms with E-state index in [1.165, 1.54) is 4.90 Å². The van der Waals surface area contributed by atoms with Gasteiger partial charge in [-0.3, -0.25) is 14.5 Å². The van der Waals surface area contributed by atoms with Gasteiger partial charge in [0, 0.05) is 17.4 Å². The molecule has 1 amide bonds. The van der Waals surface area contributed by atoms with Crippen LogP contribution in [0.1, 0.15) is 37.3 Å². The molecule has 2 aliphatic heterocycles. The second kappa shape index (κ2) is 6.71. The van der Waals surface area contributed by atoms with Crippen LogP contribution in [0.4, 0.5) is 5.95 Å². The molecule has 5 rings (SSSR count).